The molecule has 0 radical (unpaired) electrons. The number of methoxy groups -OCH3 is 1. The number of benzene rings is 4. The van der Waals surface area contributed by atoms with Crippen LogP contribution in [0.1, 0.15) is 26.3 Å². The van der Waals surface area contributed by atoms with E-state index < -0.39 is 5.97 Å². The Morgan fingerprint density at radius 2 is 1.30 bits per heavy atom. The molecule has 0 heterocycles. The van der Waals surface area contributed by atoms with E-state index in [1.807, 2.05) is 60.7 Å². The molecule has 0 bridgehead atoms. The second-order valence-corrected chi connectivity index (χ2v) is 7.31. The van der Waals surface area contributed by atoms with Crippen LogP contribution in [0.25, 0.3) is 17.2 Å². The topological polar surface area (TPSA) is 52.6 Å². The summed E-state index contributed by atoms with van der Waals surface area (Å²) in [5.41, 5.74) is 3.97. The number of allylic oxidation sites excluding steroid dienone is 1. The largest absolute Gasteiger partial charge is 0.493 e. The zero-order valence-corrected chi connectivity index (χ0v) is 18.1. The molecule has 0 amide bonds. The van der Waals surface area contributed by atoms with E-state index in [9.17, 15) is 9.59 Å². The second kappa shape index (κ2) is 10.2. The average Bonchev–Trinajstić information content (AvgIpc) is 2.89. The lowest BCUT2D eigenvalue weighted by atomic mass is 10.0. The van der Waals surface area contributed by atoms with Crippen molar-refractivity contribution in [2.24, 2.45) is 0 Å². The Kier molecular flexibility index (Phi) is 6.76. The molecule has 0 unspecified atom stereocenters. The number of esters is 1. The zero-order valence-electron chi connectivity index (χ0n) is 18.1. The molecule has 33 heavy (non-hydrogen) atoms. The molecule has 0 saturated heterocycles. The van der Waals surface area contributed by atoms with E-state index in [1.54, 1.807) is 48.5 Å². The van der Waals surface area contributed by atoms with Gasteiger partial charge in [-0.15, -0.1) is 0 Å². The Labute approximate surface area is 192 Å². The van der Waals surface area contributed by atoms with Crippen molar-refractivity contribution in [3.8, 4) is 22.6 Å². The average molecular weight is 434 g/mol. The minimum Gasteiger partial charge on any atom is -0.493 e. The van der Waals surface area contributed by atoms with Crippen molar-refractivity contribution in [1.82, 2.24) is 0 Å². The lowest BCUT2D eigenvalue weighted by Crippen LogP contribution is -2.09. The van der Waals surface area contributed by atoms with Crippen molar-refractivity contribution >= 4 is 17.8 Å². The number of hydrogen-bond acceptors (Lipinski definition) is 4. The van der Waals surface area contributed by atoms with E-state index >= 15 is 0 Å². The molecule has 0 N–H and O–H groups in total. The third kappa shape index (κ3) is 5.43. The summed E-state index contributed by atoms with van der Waals surface area (Å²) in [6.07, 6.45) is 3.22. The summed E-state index contributed by atoms with van der Waals surface area (Å²) in [5.74, 6) is 0.145. The number of ether oxygens (including phenoxy) is 2. The lowest BCUT2D eigenvalue weighted by molar-refractivity contribution is 0.0729. The standard InChI is InChI=1S/C29H22O4/c1-32-28-20-21(13-19-27(28)33-29(31)25-10-6-3-7-11-25)12-18-26(30)24-16-14-23(15-17-24)22-8-4-2-5-9-22/h2-20H,1H3. The van der Waals surface area contributed by atoms with Crippen LogP contribution in [0.5, 0.6) is 11.5 Å². The highest BCUT2D eigenvalue weighted by molar-refractivity contribution is 6.07. The molecule has 0 saturated carbocycles. The predicted octanol–water partition coefficient (Wildman–Crippen LogP) is 6.48. The number of rotatable bonds is 7. The van der Waals surface area contributed by atoms with Crippen LogP contribution in [-0.4, -0.2) is 18.9 Å². The van der Waals surface area contributed by atoms with Gasteiger partial charge in [0.2, 0.25) is 0 Å². The van der Waals surface area contributed by atoms with Gasteiger partial charge in [-0.1, -0.05) is 84.9 Å². The molecule has 0 spiro atoms. The minimum atomic E-state index is -0.466. The molecule has 4 nitrogen and oxygen atoms in total. The molecule has 0 aliphatic carbocycles. The number of carbonyl (C=O) groups excluding carboxylic acids is 2. The van der Waals surface area contributed by atoms with Gasteiger partial charge in [0.15, 0.2) is 17.3 Å². The maximum Gasteiger partial charge on any atom is 0.343 e. The van der Waals surface area contributed by atoms with Crippen molar-refractivity contribution in [2.75, 3.05) is 7.11 Å². The van der Waals surface area contributed by atoms with E-state index in [-0.39, 0.29) is 5.78 Å². The molecular weight excluding hydrogens is 412 g/mol. The molecule has 0 atom stereocenters. The summed E-state index contributed by atoms with van der Waals surface area (Å²) >= 11 is 0. The van der Waals surface area contributed by atoms with Crippen molar-refractivity contribution in [2.45, 2.75) is 0 Å². The van der Waals surface area contributed by atoms with Gasteiger partial charge in [0, 0.05) is 5.56 Å². The SMILES string of the molecule is COc1cc(C=CC(=O)c2ccc(-c3ccccc3)cc2)ccc1OC(=O)c1ccccc1. The van der Waals surface area contributed by atoms with Gasteiger partial charge in [-0.25, -0.2) is 4.79 Å². The van der Waals surface area contributed by atoms with Crippen LogP contribution in [0.4, 0.5) is 0 Å². The van der Waals surface area contributed by atoms with Crippen molar-refractivity contribution < 1.29 is 19.1 Å². The van der Waals surface area contributed by atoms with Gasteiger partial charge < -0.3 is 9.47 Å². The monoisotopic (exact) mass is 434 g/mol. The molecular formula is C29H22O4. The third-order valence-corrected chi connectivity index (χ3v) is 5.10. The summed E-state index contributed by atoms with van der Waals surface area (Å²) in [4.78, 5) is 24.9. The zero-order chi connectivity index (χ0) is 23.0. The van der Waals surface area contributed by atoms with Crippen LogP contribution in [0.2, 0.25) is 0 Å². The van der Waals surface area contributed by atoms with Gasteiger partial charge in [-0.05, 0) is 47.0 Å². The molecule has 4 heteroatoms. The van der Waals surface area contributed by atoms with E-state index in [0.29, 0.717) is 22.6 Å². The van der Waals surface area contributed by atoms with Gasteiger partial charge in [-0.2, -0.15) is 0 Å². The molecule has 4 aromatic rings. The van der Waals surface area contributed by atoms with Crippen LogP contribution in [-0.2, 0) is 0 Å². The highest BCUT2D eigenvalue weighted by Gasteiger charge is 2.12. The van der Waals surface area contributed by atoms with E-state index in [0.717, 1.165) is 16.7 Å². The summed E-state index contributed by atoms with van der Waals surface area (Å²) < 4.78 is 10.8. The normalized spacial score (nSPS) is 10.7. The van der Waals surface area contributed by atoms with Crippen molar-refractivity contribution in [3.63, 3.8) is 0 Å². The molecule has 0 aliphatic rings. The number of hydrogen-bond donors (Lipinski definition) is 0. The van der Waals surface area contributed by atoms with Crippen LogP contribution in [0, 0.1) is 0 Å². The number of carbonyl (C=O) groups is 2. The third-order valence-electron chi connectivity index (χ3n) is 5.10. The molecule has 162 valence electrons. The van der Waals surface area contributed by atoms with Crippen LogP contribution in [0.15, 0.2) is 109 Å². The van der Waals surface area contributed by atoms with Crippen molar-refractivity contribution in [3.05, 3.63) is 126 Å². The first kappa shape index (κ1) is 21.8. The van der Waals surface area contributed by atoms with Crippen LogP contribution >= 0.6 is 0 Å². The quantitative estimate of drug-likeness (QED) is 0.145. The summed E-state index contributed by atoms with van der Waals surface area (Å²) in [6, 6.07) is 31.4. The molecule has 0 aromatic heterocycles. The minimum absolute atomic E-state index is 0.104. The fourth-order valence-electron chi connectivity index (χ4n) is 3.33. The summed E-state index contributed by atoms with van der Waals surface area (Å²) in [6.45, 7) is 0. The van der Waals surface area contributed by atoms with E-state index in [4.69, 9.17) is 9.47 Å². The van der Waals surface area contributed by atoms with Crippen LogP contribution < -0.4 is 9.47 Å². The summed E-state index contributed by atoms with van der Waals surface area (Å²) in [5, 5.41) is 0. The molecule has 0 aliphatic heterocycles. The lowest BCUT2D eigenvalue weighted by Gasteiger charge is -2.10. The fraction of sp³-hybridized carbons (Fsp3) is 0.0345. The Hall–Kier alpha value is -4.44. The second-order valence-electron chi connectivity index (χ2n) is 7.31. The van der Waals surface area contributed by atoms with Gasteiger partial charge >= 0.3 is 5.97 Å². The Bertz CT molecular complexity index is 1270. The molecule has 0 fully saturated rings. The number of ketones is 1. The highest BCUT2D eigenvalue weighted by Crippen LogP contribution is 2.29. The maximum atomic E-state index is 12.6. The molecule has 4 rings (SSSR count). The van der Waals surface area contributed by atoms with Gasteiger partial charge in [-0.3, -0.25) is 4.79 Å². The van der Waals surface area contributed by atoms with Crippen molar-refractivity contribution in [1.29, 1.82) is 0 Å². The first-order valence-electron chi connectivity index (χ1n) is 10.5. The summed E-state index contributed by atoms with van der Waals surface area (Å²) in [7, 11) is 1.50. The first-order chi connectivity index (χ1) is 16.1. The first-order valence-corrected chi connectivity index (χ1v) is 10.5. The highest BCUT2D eigenvalue weighted by atomic mass is 16.6. The predicted molar refractivity (Wildman–Crippen MR) is 130 cm³/mol. The van der Waals surface area contributed by atoms with E-state index in [1.165, 1.54) is 13.2 Å². The van der Waals surface area contributed by atoms with Gasteiger partial charge in [0.1, 0.15) is 0 Å². The smallest absolute Gasteiger partial charge is 0.343 e. The van der Waals surface area contributed by atoms with E-state index in [2.05, 4.69) is 0 Å². The fourth-order valence-corrected chi connectivity index (χ4v) is 3.33. The van der Waals surface area contributed by atoms with Gasteiger partial charge in [0.25, 0.3) is 0 Å². The Balaban J connectivity index is 1.45. The Morgan fingerprint density at radius 3 is 1.97 bits per heavy atom. The molecule has 4 aromatic carbocycles. The Morgan fingerprint density at radius 1 is 0.667 bits per heavy atom. The van der Waals surface area contributed by atoms with Gasteiger partial charge in [0.05, 0.1) is 12.7 Å². The maximum absolute atomic E-state index is 12.6. The van der Waals surface area contributed by atoms with Crippen LogP contribution in [0.3, 0.4) is 0 Å².